The van der Waals surface area contributed by atoms with Gasteiger partial charge in [0.05, 0.1) is 0 Å². The molecule has 0 bridgehead atoms. The van der Waals surface area contributed by atoms with Crippen molar-refractivity contribution in [3.63, 3.8) is 0 Å². The smallest absolute Gasteiger partial charge is 0 e. The Hall–Kier alpha value is 1.46. The summed E-state index contributed by atoms with van der Waals surface area (Å²) >= 11 is 0. The minimum atomic E-state index is 0. The molecule has 0 nitrogen and oxygen atoms in total. The van der Waals surface area contributed by atoms with Crippen LogP contribution >= 0.6 is 0 Å². The molecule has 0 saturated carbocycles. The van der Waals surface area contributed by atoms with E-state index in [4.69, 9.17) is 0 Å². The van der Waals surface area contributed by atoms with E-state index >= 15 is 0 Å². The summed E-state index contributed by atoms with van der Waals surface area (Å²) in [6, 6.07) is 0. The predicted molar refractivity (Wildman–Crippen MR) is 11.5 cm³/mol. The summed E-state index contributed by atoms with van der Waals surface area (Å²) in [6.07, 6.45) is 0. The molecule has 0 heterocycles. The maximum atomic E-state index is 0. The Labute approximate surface area is 56.9 Å². The van der Waals surface area contributed by atoms with Gasteiger partial charge in [-0.25, -0.2) is 0 Å². The zero-order chi connectivity index (χ0) is 0. The van der Waals surface area contributed by atoms with Crippen LogP contribution in [0.4, 0.5) is 0 Å². The molecule has 0 unspecified atom stereocenters. The third-order valence-corrected chi connectivity index (χ3v) is 0. The molecular formula is BMoNiSi. The van der Waals surface area contributed by atoms with Gasteiger partial charge >= 0.3 is 0 Å². The van der Waals surface area contributed by atoms with E-state index in [9.17, 15) is 0 Å². The molecule has 7 radical (unpaired) electrons. The van der Waals surface area contributed by atoms with Gasteiger partial charge < -0.3 is 0 Å². The Bertz CT molecular complexity index is 8.00. The van der Waals surface area contributed by atoms with Crippen molar-refractivity contribution in [2.45, 2.75) is 0 Å². The van der Waals surface area contributed by atoms with Crippen molar-refractivity contribution in [3.8, 4) is 0 Å². The second-order valence-electron chi connectivity index (χ2n) is 0. The van der Waals surface area contributed by atoms with Crippen LogP contribution in [0.3, 0.4) is 0 Å². The van der Waals surface area contributed by atoms with Crippen molar-refractivity contribution in [2.24, 2.45) is 0 Å². The second-order valence-corrected chi connectivity index (χ2v) is 0. The first-order valence-corrected chi connectivity index (χ1v) is 0. The molecule has 0 spiro atoms. The fourth-order valence-corrected chi connectivity index (χ4v) is 0. The van der Waals surface area contributed by atoms with E-state index in [2.05, 4.69) is 0 Å². The zero-order valence-electron chi connectivity index (χ0n) is 1.80. The summed E-state index contributed by atoms with van der Waals surface area (Å²) in [7, 11) is 0. The van der Waals surface area contributed by atoms with Gasteiger partial charge in [0.1, 0.15) is 0 Å². The molecule has 4 heavy (non-hydrogen) atoms. The first-order valence-electron chi connectivity index (χ1n) is 0. The Morgan fingerprint density at radius 3 is 1.00 bits per heavy atom. The summed E-state index contributed by atoms with van der Waals surface area (Å²) in [6.45, 7) is 0. The molecule has 0 aliphatic carbocycles. The molecule has 0 aromatic rings. The summed E-state index contributed by atoms with van der Waals surface area (Å²) < 4.78 is 0. The molecule has 0 aromatic carbocycles. The van der Waals surface area contributed by atoms with E-state index in [0.717, 1.165) is 0 Å². The molecule has 0 atom stereocenters. The summed E-state index contributed by atoms with van der Waals surface area (Å²) in [5.74, 6) is 0. The Morgan fingerprint density at radius 1 is 1.00 bits per heavy atom. The van der Waals surface area contributed by atoms with Gasteiger partial charge in [-0.15, -0.1) is 0 Å². The molecule has 0 N–H and O–H groups in total. The minimum absolute atomic E-state index is 0. The van der Waals surface area contributed by atoms with E-state index in [-0.39, 0.29) is 56.9 Å². The fourth-order valence-electron chi connectivity index (χ4n) is 0. The van der Waals surface area contributed by atoms with E-state index in [1.165, 1.54) is 0 Å². The van der Waals surface area contributed by atoms with Crippen LogP contribution in [-0.4, -0.2) is 19.4 Å². The average molecular weight is 194 g/mol. The van der Waals surface area contributed by atoms with Gasteiger partial charge in [0, 0.05) is 56.9 Å². The van der Waals surface area contributed by atoms with Gasteiger partial charge in [0.25, 0.3) is 0 Å². The predicted octanol–water partition coefficient (Wildman–Crippen LogP) is -0.767. The Kier molecular flexibility index (Phi) is 318. The van der Waals surface area contributed by atoms with Crippen molar-refractivity contribution in [3.05, 3.63) is 0 Å². The van der Waals surface area contributed by atoms with Crippen LogP contribution in [0, 0.1) is 0 Å². The van der Waals surface area contributed by atoms with Crippen LogP contribution in [0.15, 0.2) is 0 Å². The first kappa shape index (κ1) is 50.8. The van der Waals surface area contributed by atoms with E-state index in [0.29, 0.717) is 0 Å². The third-order valence-electron chi connectivity index (χ3n) is 0. The molecule has 0 saturated heterocycles. The number of rotatable bonds is 0. The standard InChI is InChI=1S/B.Mo.Ni.Si. The molecule has 0 rings (SSSR count). The van der Waals surface area contributed by atoms with Crippen molar-refractivity contribution < 1.29 is 37.6 Å². The summed E-state index contributed by atoms with van der Waals surface area (Å²) in [5, 5.41) is 0. The van der Waals surface area contributed by atoms with Crippen molar-refractivity contribution in [1.29, 1.82) is 0 Å². The van der Waals surface area contributed by atoms with E-state index < -0.39 is 0 Å². The van der Waals surface area contributed by atoms with Gasteiger partial charge in [-0.05, 0) is 0 Å². The van der Waals surface area contributed by atoms with Gasteiger partial charge in [-0.2, -0.15) is 0 Å². The quantitative estimate of drug-likeness (QED) is 0.444. The normalized spacial score (nSPS) is 0. The average Bonchev–Trinajstić information content (AvgIpc) is 0. The van der Waals surface area contributed by atoms with Crippen LogP contribution in [0.5, 0.6) is 0 Å². The van der Waals surface area contributed by atoms with Gasteiger partial charge in [0.2, 0.25) is 0 Å². The van der Waals surface area contributed by atoms with Crippen molar-refractivity contribution in [1.82, 2.24) is 0 Å². The van der Waals surface area contributed by atoms with Crippen LogP contribution in [0.25, 0.3) is 0 Å². The number of hydrogen-bond acceptors (Lipinski definition) is 0. The molecule has 0 aliphatic heterocycles. The maximum Gasteiger partial charge on any atom is 0 e. The monoisotopic (exact) mass is 195 g/mol. The largest absolute Gasteiger partial charge is 0 e. The van der Waals surface area contributed by atoms with Crippen LogP contribution < -0.4 is 0 Å². The molecule has 0 aromatic heterocycles. The Morgan fingerprint density at radius 2 is 1.00 bits per heavy atom. The maximum absolute atomic E-state index is 0. The van der Waals surface area contributed by atoms with Crippen molar-refractivity contribution >= 4 is 19.4 Å². The molecule has 23 valence electrons. The van der Waals surface area contributed by atoms with Gasteiger partial charge in [0.15, 0.2) is 0 Å². The first-order chi connectivity index (χ1) is 0. The summed E-state index contributed by atoms with van der Waals surface area (Å²) in [5.41, 5.74) is 0. The summed E-state index contributed by atoms with van der Waals surface area (Å²) in [4.78, 5) is 0. The zero-order valence-corrected chi connectivity index (χ0v) is 5.80. The van der Waals surface area contributed by atoms with Crippen LogP contribution in [0.2, 0.25) is 0 Å². The molecular weight excluding hydrogens is 194 g/mol. The topological polar surface area (TPSA) is 0 Å². The minimum Gasteiger partial charge on any atom is 0 e. The molecule has 4 heteroatoms. The van der Waals surface area contributed by atoms with Gasteiger partial charge in [-0.3, -0.25) is 0 Å². The SMILES string of the molecule is [B].[Mo].[Ni].[Si]. The van der Waals surface area contributed by atoms with E-state index in [1.54, 1.807) is 0 Å². The van der Waals surface area contributed by atoms with Crippen LogP contribution in [0.1, 0.15) is 0 Å². The van der Waals surface area contributed by atoms with Crippen LogP contribution in [-0.2, 0) is 37.6 Å². The van der Waals surface area contributed by atoms with E-state index in [1.807, 2.05) is 0 Å². The molecule has 0 aliphatic rings. The molecule has 0 fully saturated rings. The fraction of sp³-hybridized carbons (Fsp3) is 0. The second kappa shape index (κ2) is 25.0. The van der Waals surface area contributed by atoms with Crippen molar-refractivity contribution in [2.75, 3.05) is 0 Å². The number of hydrogen-bond donors (Lipinski definition) is 0. The van der Waals surface area contributed by atoms with Gasteiger partial charge in [-0.1, -0.05) is 0 Å². The third kappa shape index (κ3) is 9.81. The Balaban J connectivity index is 0. The molecule has 0 amide bonds.